The minimum atomic E-state index is 0.664. The maximum Gasteiger partial charge on any atom is 0.165 e. The highest BCUT2D eigenvalue weighted by atomic mass is 32.1. The van der Waals surface area contributed by atoms with Gasteiger partial charge in [0.1, 0.15) is 0 Å². The minimum absolute atomic E-state index is 0.664. The van der Waals surface area contributed by atoms with Crippen LogP contribution in [0.2, 0.25) is 0 Å². The normalized spacial score (nSPS) is 11.9. The predicted molar refractivity (Wildman–Crippen MR) is 242 cm³/mol. The van der Waals surface area contributed by atoms with Crippen molar-refractivity contribution in [2.24, 2.45) is 0 Å². The van der Waals surface area contributed by atoms with E-state index in [1.807, 2.05) is 47.7 Å². The Hall–Kier alpha value is -6.99. The monoisotopic (exact) mass is 762 g/mol. The molecule has 0 saturated heterocycles. The number of hydrogen-bond donors (Lipinski definition) is 0. The van der Waals surface area contributed by atoms with Gasteiger partial charge in [-0.05, 0) is 59.7 Å². The van der Waals surface area contributed by atoms with E-state index >= 15 is 0 Å². The van der Waals surface area contributed by atoms with Crippen molar-refractivity contribution in [1.29, 1.82) is 0 Å². The highest BCUT2D eigenvalue weighted by Gasteiger charge is 2.20. The topological polar surface area (TPSA) is 43.6 Å². The van der Waals surface area contributed by atoms with Crippen LogP contribution in [-0.4, -0.2) is 19.5 Å². The Labute approximate surface area is 335 Å². The van der Waals surface area contributed by atoms with Crippen molar-refractivity contribution >= 4 is 84.8 Å². The summed E-state index contributed by atoms with van der Waals surface area (Å²) in [5.74, 6) is 2.00. The first-order valence-corrected chi connectivity index (χ1v) is 20.7. The van der Waals surface area contributed by atoms with E-state index in [-0.39, 0.29) is 0 Å². The summed E-state index contributed by atoms with van der Waals surface area (Å²) in [6.45, 7) is 0. The number of benzene rings is 8. The summed E-state index contributed by atoms with van der Waals surface area (Å²) in [4.78, 5) is 15.1. The first kappa shape index (κ1) is 32.3. The Bertz CT molecular complexity index is 3450. The van der Waals surface area contributed by atoms with Crippen LogP contribution in [0.3, 0.4) is 0 Å². The maximum atomic E-state index is 5.08. The third kappa shape index (κ3) is 5.15. The summed E-state index contributed by atoms with van der Waals surface area (Å²) in [5, 5.41) is 7.58. The van der Waals surface area contributed by atoms with Crippen molar-refractivity contribution in [2.45, 2.75) is 0 Å². The minimum Gasteiger partial charge on any atom is -0.309 e. The number of aromatic nitrogens is 4. The summed E-state index contributed by atoms with van der Waals surface area (Å²) in [6, 6.07) is 64.9. The maximum absolute atomic E-state index is 5.08. The Morgan fingerprint density at radius 3 is 1.77 bits per heavy atom. The molecule has 4 nitrogen and oxygen atoms in total. The fraction of sp³-hybridized carbons (Fsp3) is 0. The molecular formula is C51H30N4S2. The molecule has 12 rings (SSSR count). The van der Waals surface area contributed by atoms with Crippen molar-refractivity contribution < 1.29 is 0 Å². The molecule has 0 bridgehead atoms. The van der Waals surface area contributed by atoms with Crippen LogP contribution in [0.1, 0.15) is 0 Å². The Kier molecular flexibility index (Phi) is 7.24. The lowest BCUT2D eigenvalue weighted by Gasteiger charge is -2.09. The zero-order valence-corrected chi connectivity index (χ0v) is 32.1. The number of hydrogen-bond acceptors (Lipinski definition) is 5. The van der Waals surface area contributed by atoms with Gasteiger partial charge in [-0.3, -0.25) is 0 Å². The van der Waals surface area contributed by atoms with Gasteiger partial charge >= 0.3 is 0 Å². The quantitative estimate of drug-likeness (QED) is 0.175. The molecule has 0 fully saturated rings. The number of fused-ring (bicyclic) bond motifs is 10. The molecule has 0 radical (unpaired) electrons. The molecular weight excluding hydrogens is 733 g/mol. The summed E-state index contributed by atoms with van der Waals surface area (Å²) in [6.07, 6.45) is 0. The van der Waals surface area contributed by atoms with Gasteiger partial charge in [-0.15, -0.1) is 22.7 Å². The number of para-hydroxylation sites is 1. The molecule has 4 aromatic heterocycles. The molecule has 0 saturated carbocycles. The van der Waals surface area contributed by atoms with Crippen LogP contribution in [0.15, 0.2) is 182 Å². The van der Waals surface area contributed by atoms with Crippen molar-refractivity contribution in [1.82, 2.24) is 19.5 Å². The van der Waals surface area contributed by atoms with Crippen LogP contribution in [0, 0.1) is 0 Å². The lowest BCUT2D eigenvalue weighted by atomic mass is 10.0. The van der Waals surface area contributed by atoms with Gasteiger partial charge in [0.15, 0.2) is 17.5 Å². The van der Waals surface area contributed by atoms with Crippen LogP contribution in [-0.2, 0) is 0 Å². The van der Waals surface area contributed by atoms with E-state index in [1.165, 1.54) is 79.0 Å². The van der Waals surface area contributed by atoms with Gasteiger partial charge in [-0.1, -0.05) is 133 Å². The van der Waals surface area contributed by atoms with E-state index in [9.17, 15) is 0 Å². The summed E-state index contributed by atoms with van der Waals surface area (Å²) >= 11 is 3.67. The Morgan fingerprint density at radius 1 is 0.368 bits per heavy atom. The van der Waals surface area contributed by atoms with Crippen molar-refractivity contribution in [2.75, 3.05) is 0 Å². The van der Waals surface area contributed by atoms with Crippen molar-refractivity contribution in [3.63, 3.8) is 0 Å². The first-order valence-electron chi connectivity index (χ1n) is 19.0. The van der Waals surface area contributed by atoms with E-state index < -0.39 is 0 Å². The average Bonchev–Trinajstić information content (AvgIpc) is 3.96. The third-order valence-electron chi connectivity index (χ3n) is 11.1. The second-order valence-corrected chi connectivity index (χ2v) is 16.5. The second-order valence-electron chi connectivity index (χ2n) is 14.4. The van der Waals surface area contributed by atoms with Gasteiger partial charge in [0.2, 0.25) is 0 Å². The standard InChI is InChI=1S/C51H30N4S2/c1-4-13-31(14-5-1)49-52-50(32-15-6-2-7-16-32)54-51(53-49)40-21-12-20-38-36-25-23-34(30-45(36)57-48(38)40)33-24-27-42-41(29-33)37-26-28-44-46(39-19-10-11-22-43(39)56-44)47(37)55(42)35-17-8-3-9-18-35/h1-30H. The number of thiophene rings is 2. The fourth-order valence-corrected chi connectivity index (χ4v) is 10.8. The summed E-state index contributed by atoms with van der Waals surface area (Å²) < 4.78 is 7.48. The van der Waals surface area contributed by atoms with Gasteiger partial charge in [-0.2, -0.15) is 0 Å². The molecule has 8 aromatic carbocycles. The zero-order chi connectivity index (χ0) is 37.5. The van der Waals surface area contributed by atoms with E-state index in [1.54, 1.807) is 11.3 Å². The second kappa shape index (κ2) is 12.8. The van der Waals surface area contributed by atoms with E-state index in [0.29, 0.717) is 17.5 Å². The van der Waals surface area contributed by atoms with Gasteiger partial charge in [0.05, 0.1) is 11.0 Å². The van der Waals surface area contributed by atoms with Gasteiger partial charge in [0.25, 0.3) is 0 Å². The molecule has 0 spiro atoms. The summed E-state index contributed by atoms with van der Waals surface area (Å²) in [5.41, 5.74) is 8.96. The average molecular weight is 763 g/mol. The molecule has 0 unspecified atom stereocenters. The van der Waals surface area contributed by atoms with Gasteiger partial charge in [-0.25, -0.2) is 15.0 Å². The molecule has 0 aliphatic carbocycles. The molecule has 0 amide bonds. The Balaban J connectivity index is 1.03. The van der Waals surface area contributed by atoms with Crippen LogP contribution < -0.4 is 0 Å². The first-order chi connectivity index (χ1) is 28.2. The van der Waals surface area contributed by atoms with Crippen LogP contribution in [0.5, 0.6) is 0 Å². The van der Waals surface area contributed by atoms with Crippen LogP contribution in [0.25, 0.3) is 113 Å². The van der Waals surface area contributed by atoms with E-state index in [2.05, 4.69) is 150 Å². The zero-order valence-electron chi connectivity index (χ0n) is 30.4. The van der Waals surface area contributed by atoms with Crippen molar-refractivity contribution in [3.05, 3.63) is 182 Å². The SMILES string of the molecule is c1ccc(-c2nc(-c3ccccc3)nc(-c3cccc4c3sc3cc(-c5ccc6c(c5)c5ccc7sc8ccccc8c7c5n6-c5ccccc5)ccc34)n2)cc1. The van der Waals surface area contributed by atoms with Gasteiger partial charge in [0, 0.05) is 73.5 Å². The molecule has 0 aliphatic rings. The highest BCUT2D eigenvalue weighted by molar-refractivity contribution is 7.26. The predicted octanol–water partition coefficient (Wildman–Crippen LogP) is 14.4. The molecule has 12 aromatic rings. The fourth-order valence-electron chi connectivity index (χ4n) is 8.42. The number of nitrogens with zero attached hydrogens (tertiary/aromatic N) is 4. The van der Waals surface area contributed by atoms with Crippen molar-refractivity contribution in [3.8, 4) is 51.0 Å². The molecule has 0 atom stereocenters. The lowest BCUT2D eigenvalue weighted by Crippen LogP contribution is -2.00. The lowest BCUT2D eigenvalue weighted by molar-refractivity contribution is 1.08. The molecule has 266 valence electrons. The third-order valence-corrected chi connectivity index (χ3v) is 13.4. The molecule has 6 heteroatoms. The molecule has 0 aliphatic heterocycles. The van der Waals surface area contributed by atoms with Crippen LogP contribution in [0.4, 0.5) is 0 Å². The largest absolute Gasteiger partial charge is 0.309 e. The van der Waals surface area contributed by atoms with E-state index in [0.717, 1.165) is 16.7 Å². The molecule has 0 N–H and O–H groups in total. The van der Waals surface area contributed by atoms with E-state index in [4.69, 9.17) is 15.0 Å². The summed E-state index contributed by atoms with van der Waals surface area (Å²) in [7, 11) is 0. The number of rotatable bonds is 5. The molecule has 57 heavy (non-hydrogen) atoms. The smallest absolute Gasteiger partial charge is 0.165 e. The molecule has 4 heterocycles. The Morgan fingerprint density at radius 2 is 1.00 bits per heavy atom. The van der Waals surface area contributed by atoms with Crippen LogP contribution >= 0.6 is 22.7 Å². The van der Waals surface area contributed by atoms with Gasteiger partial charge < -0.3 is 4.57 Å². The highest BCUT2D eigenvalue weighted by Crippen LogP contribution is 2.45.